The van der Waals surface area contributed by atoms with Gasteiger partial charge in [-0.3, -0.25) is 14.5 Å². The monoisotopic (exact) mass is 274 g/mol. The van der Waals surface area contributed by atoms with E-state index in [4.69, 9.17) is 5.73 Å². The van der Waals surface area contributed by atoms with Gasteiger partial charge in [0.25, 0.3) is 0 Å². The van der Waals surface area contributed by atoms with Crippen molar-refractivity contribution in [3.05, 3.63) is 35.9 Å². The molecular weight excluding hydrogens is 252 g/mol. The number of benzene rings is 1. The second kappa shape index (κ2) is 5.37. The van der Waals surface area contributed by atoms with E-state index < -0.39 is 5.54 Å². The minimum atomic E-state index is -0.613. The highest BCUT2D eigenvalue weighted by molar-refractivity contribution is 6.07. The molecule has 2 unspecified atom stereocenters. The van der Waals surface area contributed by atoms with Crippen molar-refractivity contribution >= 4 is 11.8 Å². The molecule has 0 radical (unpaired) electrons. The van der Waals surface area contributed by atoms with Crippen LogP contribution < -0.4 is 5.73 Å². The van der Waals surface area contributed by atoms with Crippen LogP contribution in [-0.4, -0.2) is 28.8 Å². The zero-order valence-corrected chi connectivity index (χ0v) is 12.3. The molecule has 4 nitrogen and oxygen atoms in total. The molecule has 1 heterocycles. The van der Waals surface area contributed by atoms with Crippen LogP contribution in [0.1, 0.15) is 38.7 Å². The third-order valence-corrected chi connectivity index (χ3v) is 4.52. The predicted octanol–water partition coefficient (Wildman–Crippen LogP) is 1.90. The summed E-state index contributed by atoms with van der Waals surface area (Å²) in [5, 5.41) is 0. The Balaban J connectivity index is 2.35. The molecule has 20 heavy (non-hydrogen) atoms. The number of nitrogens with two attached hydrogens (primary N) is 1. The van der Waals surface area contributed by atoms with E-state index in [1.807, 2.05) is 51.1 Å². The standard InChI is InChI=1S/C16H22N2O2/c1-11(2)16(3,10-17)18-14(19)9-13(15(18)20)12-7-5-4-6-8-12/h4-8,11,13H,9-10,17H2,1-3H3. The van der Waals surface area contributed by atoms with Crippen LogP contribution >= 0.6 is 0 Å². The Morgan fingerprint density at radius 3 is 2.40 bits per heavy atom. The van der Waals surface area contributed by atoms with Gasteiger partial charge in [0.15, 0.2) is 0 Å². The molecular formula is C16H22N2O2. The van der Waals surface area contributed by atoms with Crippen LogP contribution in [0.4, 0.5) is 0 Å². The van der Waals surface area contributed by atoms with E-state index in [1.165, 1.54) is 4.90 Å². The third kappa shape index (κ3) is 2.24. The van der Waals surface area contributed by atoms with Gasteiger partial charge in [-0.25, -0.2) is 0 Å². The van der Waals surface area contributed by atoms with Gasteiger partial charge in [0.1, 0.15) is 0 Å². The molecule has 2 rings (SSSR count). The summed E-state index contributed by atoms with van der Waals surface area (Å²) in [6, 6.07) is 9.48. The SMILES string of the molecule is CC(C)C(C)(CN)N1C(=O)CC(c2ccccc2)C1=O. The smallest absolute Gasteiger partial charge is 0.237 e. The highest BCUT2D eigenvalue weighted by atomic mass is 16.2. The molecule has 1 aromatic carbocycles. The van der Waals surface area contributed by atoms with Gasteiger partial charge in [-0.15, -0.1) is 0 Å². The van der Waals surface area contributed by atoms with Crippen molar-refractivity contribution in [2.24, 2.45) is 11.7 Å². The largest absolute Gasteiger partial charge is 0.328 e. The van der Waals surface area contributed by atoms with E-state index in [2.05, 4.69) is 0 Å². The molecule has 1 aromatic rings. The maximum absolute atomic E-state index is 12.7. The number of rotatable bonds is 4. The van der Waals surface area contributed by atoms with Gasteiger partial charge in [0, 0.05) is 13.0 Å². The first kappa shape index (κ1) is 14.7. The quantitative estimate of drug-likeness (QED) is 0.853. The van der Waals surface area contributed by atoms with Gasteiger partial charge in [-0.2, -0.15) is 0 Å². The summed E-state index contributed by atoms with van der Waals surface area (Å²) in [5.74, 6) is -0.489. The molecule has 0 spiro atoms. The van der Waals surface area contributed by atoms with Crippen molar-refractivity contribution in [1.82, 2.24) is 4.90 Å². The lowest BCUT2D eigenvalue weighted by molar-refractivity contribution is -0.147. The molecule has 2 N–H and O–H groups in total. The summed E-state index contributed by atoms with van der Waals surface area (Å²) in [6.45, 7) is 6.15. The van der Waals surface area contributed by atoms with Gasteiger partial charge in [-0.1, -0.05) is 44.2 Å². The zero-order valence-electron chi connectivity index (χ0n) is 12.3. The van der Waals surface area contributed by atoms with Crippen LogP contribution in [-0.2, 0) is 9.59 Å². The molecule has 4 heteroatoms. The Labute approximate surface area is 119 Å². The van der Waals surface area contributed by atoms with Gasteiger partial charge < -0.3 is 5.73 Å². The Morgan fingerprint density at radius 1 is 1.30 bits per heavy atom. The highest BCUT2D eigenvalue weighted by Crippen LogP contribution is 2.36. The summed E-state index contributed by atoms with van der Waals surface area (Å²) in [4.78, 5) is 26.4. The fraction of sp³-hybridized carbons (Fsp3) is 0.500. The van der Waals surface area contributed by atoms with Crippen LogP contribution in [0.2, 0.25) is 0 Å². The number of carbonyl (C=O) groups excluding carboxylic acids is 2. The van der Waals surface area contributed by atoms with Crippen LogP contribution in [0, 0.1) is 5.92 Å². The van der Waals surface area contributed by atoms with E-state index >= 15 is 0 Å². The summed E-state index contributed by atoms with van der Waals surface area (Å²) in [6.07, 6.45) is 0.241. The molecule has 2 amide bonds. The average molecular weight is 274 g/mol. The molecule has 1 saturated heterocycles. The second-order valence-corrected chi connectivity index (χ2v) is 5.95. The molecule has 0 bridgehead atoms. The minimum absolute atomic E-state index is 0.120. The molecule has 0 saturated carbocycles. The summed E-state index contributed by atoms with van der Waals surface area (Å²) in [5.41, 5.74) is 6.14. The molecule has 1 aliphatic heterocycles. The maximum Gasteiger partial charge on any atom is 0.237 e. The van der Waals surface area contributed by atoms with E-state index in [9.17, 15) is 9.59 Å². The number of hydrogen-bond donors (Lipinski definition) is 1. The highest BCUT2D eigenvalue weighted by Gasteiger charge is 2.49. The lowest BCUT2D eigenvalue weighted by Gasteiger charge is -2.40. The van der Waals surface area contributed by atoms with Gasteiger partial charge in [-0.05, 0) is 18.4 Å². The summed E-state index contributed by atoms with van der Waals surface area (Å²) >= 11 is 0. The molecule has 0 aliphatic carbocycles. The number of imide groups is 1. The first-order valence-corrected chi connectivity index (χ1v) is 7.03. The number of carbonyl (C=O) groups is 2. The summed E-state index contributed by atoms with van der Waals surface area (Å²) < 4.78 is 0. The first-order chi connectivity index (χ1) is 9.41. The molecule has 1 fully saturated rings. The van der Waals surface area contributed by atoms with Crippen molar-refractivity contribution in [3.8, 4) is 0 Å². The average Bonchev–Trinajstić information content (AvgIpc) is 2.74. The summed E-state index contributed by atoms with van der Waals surface area (Å²) in [7, 11) is 0. The fourth-order valence-corrected chi connectivity index (χ4v) is 2.70. The van der Waals surface area contributed by atoms with E-state index in [1.54, 1.807) is 0 Å². The molecule has 0 aromatic heterocycles. The van der Waals surface area contributed by atoms with Crippen molar-refractivity contribution in [3.63, 3.8) is 0 Å². The minimum Gasteiger partial charge on any atom is -0.328 e. The zero-order chi connectivity index (χ0) is 14.9. The number of likely N-dealkylation sites (tertiary alicyclic amines) is 1. The Hall–Kier alpha value is -1.68. The van der Waals surface area contributed by atoms with Crippen LogP contribution in [0.3, 0.4) is 0 Å². The fourth-order valence-electron chi connectivity index (χ4n) is 2.70. The maximum atomic E-state index is 12.7. The van der Waals surface area contributed by atoms with Crippen molar-refractivity contribution in [2.45, 2.75) is 38.6 Å². The lowest BCUT2D eigenvalue weighted by atomic mass is 9.86. The van der Waals surface area contributed by atoms with E-state index in [0.29, 0.717) is 0 Å². The molecule has 1 aliphatic rings. The molecule has 108 valence electrons. The van der Waals surface area contributed by atoms with Crippen LogP contribution in [0.25, 0.3) is 0 Å². The van der Waals surface area contributed by atoms with Gasteiger partial charge in [0.2, 0.25) is 11.8 Å². The number of nitrogens with zero attached hydrogens (tertiary/aromatic N) is 1. The first-order valence-electron chi connectivity index (χ1n) is 7.03. The van der Waals surface area contributed by atoms with Crippen molar-refractivity contribution < 1.29 is 9.59 Å². The van der Waals surface area contributed by atoms with Crippen molar-refractivity contribution in [1.29, 1.82) is 0 Å². The normalized spacial score (nSPS) is 22.4. The Morgan fingerprint density at radius 2 is 1.90 bits per heavy atom. The Bertz CT molecular complexity index is 512. The topological polar surface area (TPSA) is 63.4 Å². The van der Waals surface area contributed by atoms with Gasteiger partial charge >= 0.3 is 0 Å². The van der Waals surface area contributed by atoms with E-state index in [-0.39, 0.29) is 36.6 Å². The lowest BCUT2D eigenvalue weighted by Crippen LogP contribution is -2.57. The van der Waals surface area contributed by atoms with E-state index in [0.717, 1.165) is 5.56 Å². The second-order valence-electron chi connectivity index (χ2n) is 5.95. The van der Waals surface area contributed by atoms with Crippen LogP contribution in [0.5, 0.6) is 0 Å². The molecule has 2 atom stereocenters. The Kier molecular flexibility index (Phi) is 3.95. The number of hydrogen-bond acceptors (Lipinski definition) is 3. The third-order valence-electron chi connectivity index (χ3n) is 4.52. The van der Waals surface area contributed by atoms with Crippen molar-refractivity contribution in [2.75, 3.05) is 6.54 Å². The number of amides is 2. The van der Waals surface area contributed by atoms with Crippen LogP contribution in [0.15, 0.2) is 30.3 Å². The van der Waals surface area contributed by atoms with Gasteiger partial charge in [0.05, 0.1) is 11.5 Å². The predicted molar refractivity (Wildman–Crippen MR) is 78.0 cm³/mol.